The minimum Gasteiger partial charge on any atom is -0.482 e. The fraction of sp³-hybridized carbons (Fsp3) is 0.118. The molecule has 2 aromatic carbocycles. The molecule has 2 aromatic rings. The molecule has 9 heteroatoms. The number of hydrogen-bond acceptors (Lipinski definition) is 4. The van der Waals surface area contributed by atoms with Crippen molar-refractivity contribution >= 4 is 57.2 Å². The molecule has 0 heterocycles. The summed E-state index contributed by atoms with van der Waals surface area (Å²) in [5.41, 5.74) is 3.14. The van der Waals surface area contributed by atoms with Gasteiger partial charge in [-0.25, -0.2) is 5.43 Å². The van der Waals surface area contributed by atoms with Crippen molar-refractivity contribution in [3.05, 3.63) is 62.5 Å². The van der Waals surface area contributed by atoms with Crippen LogP contribution < -0.4 is 15.5 Å². The van der Waals surface area contributed by atoms with Crippen LogP contribution in [-0.4, -0.2) is 31.2 Å². The molecule has 0 saturated carbocycles. The molecule has 0 aliphatic carbocycles. The van der Waals surface area contributed by atoms with Crippen LogP contribution in [0.3, 0.4) is 0 Å². The van der Waals surface area contributed by atoms with Crippen LogP contribution in [0, 0.1) is 0 Å². The maximum absolute atomic E-state index is 11.7. The Labute approximate surface area is 168 Å². The number of carbonyl (C=O) groups excluding carboxylic acids is 2. The van der Waals surface area contributed by atoms with Crippen LogP contribution in [0.5, 0.6) is 5.75 Å². The largest absolute Gasteiger partial charge is 0.482 e. The summed E-state index contributed by atoms with van der Waals surface area (Å²) in [7, 11) is 0. The van der Waals surface area contributed by atoms with E-state index in [1.54, 1.807) is 12.1 Å². The average molecular weight is 459 g/mol. The van der Waals surface area contributed by atoms with Crippen molar-refractivity contribution in [3.63, 3.8) is 0 Å². The molecule has 26 heavy (non-hydrogen) atoms. The van der Waals surface area contributed by atoms with Crippen molar-refractivity contribution in [1.82, 2.24) is 10.7 Å². The van der Waals surface area contributed by atoms with Crippen molar-refractivity contribution in [2.24, 2.45) is 5.10 Å². The second-order valence-electron chi connectivity index (χ2n) is 4.99. The molecule has 0 fully saturated rings. The molecule has 0 spiro atoms. The van der Waals surface area contributed by atoms with Crippen molar-refractivity contribution in [2.45, 2.75) is 0 Å². The lowest BCUT2D eigenvalue weighted by Crippen LogP contribution is -2.37. The van der Waals surface area contributed by atoms with Gasteiger partial charge in [0, 0.05) is 9.50 Å². The SMILES string of the molecule is O=C(COc1ccc(Cl)cc1Cl)NCC(=O)N/N=C/c1cccc(Br)c1. The molecule has 136 valence electrons. The Hall–Kier alpha value is -2.09. The third-order valence-corrected chi connectivity index (χ3v) is 3.97. The molecule has 0 aliphatic rings. The number of hydrazone groups is 1. The van der Waals surface area contributed by atoms with E-state index in [0.717, 1.165) is 10.0 Å². The quantitative estimate of drug-likeness (QED) is 0.492. The molecule has 0 atom stereocenters. The van der Waals surface area contributed by atoms with Gasteiger partial charge >= 0.3 is 0 Å². The Morgan fingerprint density at radius 2 is 1.96 bits per heavy atom. The molecule has 2 rings (SSSR count). The molecule has 0 aliphatic heterocycles. The summed E-state index contributed by atoms with van der Waals surface area (Å²) < 4.78 is 6.17. The normalized spacial score (nSPS) is 10.6. The average Bonchev–Trinajstić information content (AvgIpc) is 2.59. The number of amides is 2. The number of benzene rings is 2. The fourth-order valence-corrected chi connectivity index (χ4v) is 2.65. The van der Waals surface area contributed by atoms with E-state index in [1.165, 1.54) is 12.3 Å². The van der Waals surface area contributed by atoms with Crippen LogP contribution in [0.25, 0.3) is 0 Å². The monoisotopic (exact) mass is 457 g/mol. The highest BCUT2D eigenvalue weighted by molar-refractivity contribution is 9.10. The first-order valence-corrected chi connectivity index (χ1v) is 8.91. The van der Waals surface area contributed by atoms with Gasteiger partial charge < -0.3 is 10.1 Å². The number of hydrogen-bond donors (Lipinski definition) is 2. The third-order valence-electron chi connectivity index (χ3n) is 2.95. The second kappa shape index (κ2) is 10.2. The number of carbonyl (C=O) groups is 2. The van der Waals surface area contributed by atoms with E-state index in [1.807, 2.05) is 24.3 Å². The second-order valence-corrected chi connectivity index (χ2v) is 6.75. The van der Waals surface area contributed by atoms with E-state index in [2.05, 4.69) is 31.8 Å². The van der Waals surface area contributed by atoms with Gasteiger partial charge in [0.25, 0.3) is 11.8 Å². The number of halogens is 3. The minimum atomic E-state index is -0.470. The van der Waals surface area contributed by atoms with Gasteiger partial charge in [0.15, 0.2) is 6.61 Å². The molecule has 0 bridgehead atoms. The van der Waals surface area contributed by atoms with Crippen LogP contribution in [0.1, 0.15) is 5.56 Å². The molecule has 0 radical (unpaired) electrons. The maximum Gasteiger partial charge on any atom is 0.259 e. The van der Waals surface area contributed by atoms with Crippen LogP contribution in [0.4, 0.5) is 0 Å². The van der Waals surface area contributed by atoms with E-state index in [9.17, 15) is 9.59 Å². The zero-order valence-electron chi connectivity index (χ0n) is 13.3. The van der Waals surface area contributed by atoms with Gasteiger partial charge in [0.2, 0.25) is 0 Å². The zero-order chi connectivity index (χ0) is 18.9. The van der Waals surface area contributed by atoms with Gasteiger partial charge in [-0.15, -0.1) is 0 Å². The molecule has 0 aromatic heterocycles. The maximum atomic E-state index is 11.7. The lowest BCUT2D eigenvalue weighted by atomic mass is 10.2. The molecule has 0 saturated heterocycles. The van der Waals surface area contributed by atoms with Crippen molar-refractivity contribution < 1.29 is 14.3 Å². The summed E-state index contributed by atoms with van der Waals surface area (Å²) in [6.45, 7) is -0.512. The summed E-state index contributed by atoms with van der Waals surface area (Å²) in [5, 5.41) is 6.99. The van der Waals surface area contributed by atoms with Crippen LogP contribution in [0.15, 0.2) is 52.0 Å². The highest BCUT2D eigenvalue weighted by Gasteiger charge is 2.08. The molecule has 6 nitrogen and oxygen atoms in total. The van der Waals surface area contributed by atoms with E-state index in [4.69, 9.17) is 27.9 Å². The number of rotatable bonds is 7. The van der Waals surface area contributed by atoms with Gasteiger partial charge in [-0.05, 0) is 35.9 Å². The Morgan fingerprint density at radius 3 is 2.69 bits per heavy atom. The first-order chi connectivity index (χ1) is 12.4. The zero-order valence-corrected chi connectivity index (χ0v) is 16.4. The topological polar surface area (TPSA) is 79.8 Å². The molecule has 0 unspecified atom stereocenters. The van der Waals surface area contributed by atoms with Gasteiger partial charge in [-0.1, -0.05) is 51.3 Å². The predicted molar refractivity (Wildman–Crippen MR) is 105 cm³/mol. The fourth-order valence-electron chi connectivity index (χ4n) is 1.77. The molecule has 2 N–H and O–H groups in total. The first kappa shape index (κ1) is 20.2. The van der Waals surface area contributed by atoms with Crippen molar-refractivity contribution in [2.75, 3.05) is 13.2 Å². The van der Waals surface area contributed by atoms with Gasteiger partial charge in [-0.3, -0.25) is 9.59 Å². The summed E-state index contributed by atoms with van der Waals surface area (Å²) in [4.78, 5) is 23.3. The van der Waals surface area contributed by atoms with Crippen molar-refractivity contribution in [1.29, 1.82) is 0 Å². The van der Waals surface area contributed by atoms with E-state index >= 15 is 0 Å². The standard InChI is InChI=1S/C17H14BrCl2N3O3/c18-12-3-1-2-11(6-12)8-22-23-16(24)9-21-17(25)10-26-15-5-4-13(19)7-14(15)20/h1-8H,9-10H2,(H,21,25)(H,23,24)/b22-8+. The minimum absolute atomic E-state index is 0.230. The number of nitrogens with zero attached hydrogens (tertiary/aromatic N) is 1. The van der Waals surface area contributed by atoms with Gasteiger partial charge in [-0.2, -0.15) is 5.10 Å². The lowest BCUT2D eigenvalue weighted by Gasteiger charge is -2.08. The van der Waals surface area contributed by atoms with Crippen LogP contribution >= 0.6 is 39.1 Å². The molecular formula is C17H14BrCl2N3O3. The Kier molecular flexibility index (Phi) is 7.90. The Morgan fingerprint density at radius 1 is 1.15 bits per heavy atom. The number of ether oxygens (including phenoxy) is 1. The van der Waals surface area contributed by atoms with E-state index in [0.29, 0.717) is 15.8 Å². The smallest absolute Gasteiger partial charge is 0.259 e. The van der Waals surface area contributed by atoms with Crippen LogP contribution in [-0.2, 0) is 9.59 Å². The van der Waals surface area contributed by atoms with Gasteiger partial charge in [0.1, 0.15) is 5.75 Å². The highest BCUT2D eigenvalue weighted by atomic mass is 79.9. The third kappa shape index (κ3) is 7.03. The summed E-state index contributed by atoms with van der Waals surface area (Å²) >= 11 is 15.0. The van der Waals surface area contributed by atoms with E-state index in [-0.39, 0.29) is 13.2 Å². The highest BCUT2D eigenvalue weighted by Crippen LogP contribution is 2.27. The van der Waals surface area contributed by atoms with Crippen molar-refractivity contribution in [3.8, 4) is 5.75 Å². The first-order valence-electron chi connectivity index (χ1n) is 7.36. The molecule has 2 amide bonds. The Bertz CT molecular complexity index is 831. The predicted octanol–water partition coefficient (Wildman–Crippen LogP) is 3.40. The Balaban J connectivity index is 1.70. The number of nitrogens with one attached hydrogen (secondary N) is 2. The van der Waals surface area contributed by atoms with Gasteiger partial charge in [0.05, 0.1) is 17.8 Å². The summed E-state index contributed by atoms with van der Waals surface area (Å²) in [6.07, 6.45) is 1.50. The van der Waals surface area contributed by atoms with Crippen LogP contribution in [0.2, 0.25) is 10.0 Å². The van der Waals surface area contributed by atoms with E-state index < -0.39 is 11.8 Å². The summed E-state index contributed by atoms with van der Waals surface area (Å²) in [6, 6.07) is 12.1. The molecular weight excluding hydrogens is 445 g/mol. The lowest BCUT2D eigenvalue weighted by molar-refractivity contribution is -0.127. The summed E-state index contributed by atoms with van der Waals surface area (Å²) in [5.74, 6) is -0.606.